The van der Waals surface area contributed by atoms with Crippen molar-refractivity contribution in [3.63, 3.8) is 0 Å². The number of aliphatic hydroxyl groups excluding tert-OH is 2. The molecule has 43 heavy (non-hydrogen) atoms. The molecule has 2 aromatic rings. The van der Waals surface area contributed by atoms with E-state index in [9.17, 15) is 19.8 Å². The number of fused-ring (bicyclic) bond motifs is 1. The first kappa shape index (κ1) is 31.4. The van der Waals surface area contributed by atoms with E-state index in [0.717, 1.165) is 51.6 Å². The van der Waals surface area contributed by atoms with Crippen LogP contribution in [0.15, 0.2) is 6.33 Å². The summed E-state index contributed by atoms with van der Waals surface area (Å²) < 4.78 is 18.1. The van der Waals surface area contributed by atoms with Gasteiger partial charge in [0.25, 0.3) is 5.91 Å². The second-order valence-electron chi connectivity index (χ2n) is 11.7. The summed E-state index contributed by atoms with van der Waals surface area (Å²) in [6.07, 6.45) is 3.23. The van der Waals surface area contributed by atoms with Crippen LogP contribution in [-0.2, 0) is 25.4 Å². The highest BCUT2D eigenvalue weighted by molar-refractivity contribution is 5.83. The number of hydrogen-bond acceptors (Lipinski definition) is 11. The van der Waals surface area contributed by atoms with Crippen LogP contribution in [0.5, 0.6) is 0 Å². The number of piperidine rings is 1. The summed E-state index contributed by atoms with van der Waals surface area (Å²) in [5, 5.41) is 24.0. The summed E-state index contributed by atoms with van der Waals surface area (Å²) in [7, 11) is 0. The van der Waals surface area contributed by atoms with Gasteiger partial charge in [0.15, 0.2) is 23.8 Å². The average molecular weight is 604 g/mol. The van der Waals surface area contributed by atoms with Crippen LogP contribution in [0.2, 0.25) is 0 Å². The van der Waals surface area contributed by atoms with E-state index in [0.29, 0.717) is 61.5 Å². The monoisotopic (exact) mass is 603 g/mol. The van der Waals surface area contributed by atoms with Crippen molar-refractivity contribution < 1.29 is 34.0 Å². The SMILES string of the molecule is CC.Nc1nc(CCCC2CCN(C(=O)OCC3CCOC3)CC2)nc2c1ncn2[C@@H]1O[C@H](C(=O)NC2CC2)[C@H](O)C1O. The molecule has 0 spiro atoms. The van der Waals surface area contributed by atoms with Gasteiger partial charge in [-0.1, -0.05) is 13.8 Å². The van der Waals surface area contributed by atoms with Gasteiger partial charge in [0.1, 0.15) is 23.5 Å². The van der Waals surface area contributed by atoms with Crippen molar-refractivity contribution in [3.8, 4) is 0 Å². The number of aromatic nitrogens is 4. The van der Waals surface area contributed by atoms with E-state index in [2.05, 4.69) is 20.3 Å². The number of aliphatic hydroxyl groups is 2. The Morgan fingerprint density at radius 3 is 2.56 bits per heavy atom. The van der Waals surface area contributed by atoms with E-state index < -0.39 is 30.4 Å². The molecular weight excluding hydrogens is 558 g/mol. The molecule has 3 aliphatic heterocycles. The maximum absolute atomic E-state index is 12.5. The second kappa shape index (κ2) is 14.1. The van der Waals surface area contributed by atoms with Gasteiger partial charge in [-0.3, -0.25) is 9.36 Å². The predicted molar refractivity (Wildman–Crippen MR) is 156 cm³/mol. The number of likely N-dealkylation sites (tertiary alicyclic amines) is 1. The highest BCUT2D eigenvalue weighted by Crippen LogP contribution is 2.33. The Morgan fingerprint density at radius 2 is 1.86 bits per heavy atom. The molecule has 0 aromatic carbocycles. The Bertz CT molecular complexity index is 1240. The van der Waals surface area contributed by atoms with E-state index in [-0.39, 0.29) is 18.0 Å². The number of aryl methyl sites for hydroxylation is 1. The molecule has 4 fully saturated rings. The van der Waals surface area contributed by atoms with Gasteiger partial charge in [-0.05, 0) is 50.9 Å². The van der Waals surface area contributed by atoms with Gasteiger partial charge in [-0.15, -0.1) is 0 Å². The topological polar surface area (TPSA) is 187 Å². The van der Waals surface area contributed by atoms with Crippen LogP contribution in [0.3, 0.4) is 0 Å². The fraction of sp³-hybridized carbons (Fsp3) is 0.759. The molecule has 1 saturated carbocycles. The zero-order chi connectivity index (χ0) is 30.5. The van der Waals surface area contributed by atoms with E-state index >= 15 is 0 Å². The Morgan fingerprint density at radius 1 is 1.09 bits per heavy atom. The van der Waals surface area contributed by atoms with E-state index in [1.54, 1.807) is 4.90 Å². The third kappa shape index (κ3) is 7.36. The summed E-state index contributed by atoms with van der Waals surface area (Å²) in [5.41, 5.74) is 6.93. The van der Waals surface area contributed by atoms with Crippen molar-refractivity contribution in [1.82, 2.24) is 29.7 Å². The maximum atomic E-state index is 12.5. The molecule has 1 aliphatic carbocycles. The third-order valence-electron chi connectivity index (χ3n) is 8.54. The van der Waals surface area contributed by atoms with Crippen molar-refractivity contribution in [2.24, 2.45) is 11.8 Å². The molecule has 14 nitrogen and oxygen atoms in total. The van der Waals surface area contributed by atoms with Crippen LogP contribution in [0.4, 0.5) is 10.6 Å². The number of carbonyl (C=O) groups is 2. The largest absolute Gasteiger partial charge is 0.449 e. The van der Waals surface area contributed by atoms with Gasteiger partial charge in [0, 0.05) is 38.1 Å². The maximum Gasteiger partial charge on any atom is 0.409 e. The molecule has 5 heterocycles. The minimum absolute atomic E-state index is 0.102. The zero-order valence-corrected chi connectivity index (χ0v) is 25.1. The lowest BCUT2D eigenvalue weighted by Gasteiger charge is -2.31. The van der Waals surface area contributed by atoms with E-state index in [1.807, 2.05) is 13.8 Å². The Balaban J connectivity index is 0.00000180. The Kier molecular flexibility index (Phi) is 10.3. The Labute approximate surface area is 251 Å². The number of carbonyl (C=O) groups excluding carboxylic acids is 2. The molecule has 14 heteroatoms. The summed E-state index contributed by atoms with van der Waals surface area (Å²) in [5.74, 6) is 1.13. The molecule has 4 aliphatic rings. The van der Waals surface area contributed by atoms with Crippen LogP contribution < -0.4 is 11.1 Å². The quantitative estimate of drug-likeness (QED) is 0.326. The van der Waals surface area contributed by atoms with Crippen LogP contribution >= 0.6 is 0 Å². The van der Waals surface area contributed by atoms with Crippen LogP contribution in [0, 0.1) is 11.8 Å². The summed E-state index contributed by atoms with van der Waals surface area (Å²) in [6.45, 7) is 7.21. The Hall–Kier alpha value is -3.07. The number of hydrogen-bond donors (Lipinski definition) is 4. The van der Waals surface area contributed by atoms with E-state index in [4.69, 9.17) is 19.9 Å². The highest BCUT2D eigenvalue weighted by atomic mass is 16.6. The second-order valence-corrected chi connectivity index (χ2v) is 11.7. The first-order chi connectivity index (χ1) is 20.9. The molecule has 0 radical (unpaired) electrons. The van der Waals surface area contributed by atoms with Crippen LogP contribution in [0.1, 0.15) is 70.8 Å². The molecular formula is C29H45N7O7. The number of amides is 2. The van der Waals surface area contributed by atoms with Gasteiger partial charge >= 0.3 is 6.09 Å². The minimum atomic E-state index is -1.38. The summed E-state index contributed by atoms with van der Waals surface area (Å²) in [6, 6.07) is 0.102. The number of nitrogens with zero attached hydrogens (tertiary/aromatic N) is 5. The first-order valence-corrected chi connectivity index (χ1v) is 15.7. The molecule has 2 amide bonds. The lowest BCUT2D eigenvalue weighted by molar-refractivity contribution is -0.137. The van der Waals surface area contributed by atoms with Gasteiger partial charge in [-0.2, -0.15) is 0 Å². The molecule has 6 rings (SSSR count). The smallest absolute Gasteiger partial charge is 0.409 e. The standard InChI is InChI=1S/C27H39N7O7.C2H6/c28-23-19-24(34(14-29-19)26-21(36)20(35)22(41-26)25(37)30-17-4-5-17)32-18(31-23)3-1-2-15-6-9-33(10-7-15)27(38)40-13-16-8-11-39-12-16;1-2/h14-17,20-22,26,35-36H,1-13H2,(H,30,37)(H2,28,31,32);1-2H3/t16?,20-,21?,22+,26-;/m1./s1. The minimum Gasteiger partial charge on any atom is -0.449 e. The molecule has 238 valence electrons. The van der Waals surface area contributed by atoms with Crippen molar-refractivity contribution in [3.05, 3.63) is 12.2 Å². The average Bonchev–Trinajstić information content (AvgIpc) is 3.37. The number of ether oxygens (including phenoxy) is 3. The number of nitrogens with one attached hydrogen (secondary N) is 1. The summed E-state index contributed by atoms with van der Waals surface area (Å²) in [4.78, 5) is 40.1. The number of nitrogen functional groups attached to an aromatic ring is 1. The van der Waals surface area contributed by atoms with Gasteiger partial charge in [0.2, 0.25) is 0 Å². The van der Waals surface area contributed by atoms with Crippen LogP contribution in [-0.4, -0.2) is 104 Å². The lowest BCUT2D eigenvalue weighted by atomic mass is 9.91. The number of imidazole rings is 1. The molecule has 2 unspecified atom stereocenters. The molecule has 3 saturated heterocycles. The summed E-state index contributed by atoms with van der Waals surface area (Å²) >= 11 is 0. The number of anilines is 1. The molecule has 2 aromatic heterocycles. The van der Waals surface area contributed by atoms with Gasteiger partial charge < -0.3 is 40.4 Å². The van der Waals surface area contributed by atoms with Crippen molar-refractivity contribution in [2.45, 2.75) is 95.8 Å². The number of nitrogens with two attached hydrogens (primary N) is 1. The zero-order valence-electron chi connectivity index (χ0n) is 25.1. The highest BCUT2D eigenvalue weighted by Gasteiger charge is 2.48. The molecule has 5 atom stereocenters. The third-order valence-corrected chi connectivity index (χ3v) is 8.54. The molecule has 5 N–H and O–H groups in total. The van der Waals surface area contributed by atoms with Gasteiger partial charge in [0.05, 0.1) is 19.5 Å². The predicted octanol–water partition coefficient (Wildman–Crippen LogP) is 1.54. The normalized spacial score (nSPS) is 27.6. The van der Waals surface area contributed by atoms with Crippen molar-refractivity contribution in [1.29, 1.82) is 0 Å². The van der Waals surface area contributed by atoms with Crippen molar-refractivity contribution in [2.75, 3.05) is 38.6 Å². The van der Waals surface area contributed by atoms with E-state index in [1.165, 1.54) is 10.9 Å². The van der Waals surface area contributed by atoms with Crippen LogP contribution in [0.25, 0.3) is 11.2 Å². The fourth-order valence-electron chi connectivity index (χ4n) is 5.85. The lowest BCUT2D eigenvalue weighted by Crippen LogP contribution is -2.43. The first-order valence-electron chi connectivity index (χ1n) is 15.7. The van der Waals surface area contributed by atoms with Crippen molar-refractivity contribution >= 4 is 29.0 Å². The molecule has 0 bridgehead atoms. The fourth-order valence-corrected chi connectivity index (χ4v) is 5.85. The van der Waals surface area contributed by atoms with Gasteiger partial charge in [-0.25, -0.2) is 19.7 Å². The number of rotatable bonds is 9.